The van der Waals surface area contributed by atoms with E-state index < -0.39 is 23.0 Å². The number of hydrogen-bond donors (Lipinski definition) is 1. The van der Waals surface area contributed by atoms with E-state index in [0.29, 0.717) is 16.8 Å². The van der Waals surface area contributed by atoms with Gasteiger partial charge in [-0.3, -0.25) is 4.79 Å². The zero-order chi connectivity index (χ0) is 15.9. The first-order chi connectivity index (χ1) is 10.5. The SMILES string of the molecule is COc1ccnc2[nH]cc(C(=O)c3c(F)ccc(C)c3F)c12. The molecule has 1 N–H and O–H groups in total. The van der Waals surface area contributed by atoms with Gasteiger partial charge in [-0.25, -0.2) is 13.8 Å². The predicted molar refractivity (Wildman–Crippen MR) is 77.2 cm³/mol. The second kappa shape index (κ2) is 5.22. The average Bonchev–Trinajstić information content (AvgIpc) is 2.95. The number of aromatic nitrogens is 2. The van der Waals surface area contributed by atoms with Crippen molar-refractivity contribution in [3.05, 3.63) is 58.9 Å². The Balaban J connectivity index is 2.25. The Kier molecular flexibility index (Phi) is 3.36. The molecule has 0 saturated heterocycles. The van der Waals surface area contributed by atoms with Crippen molar-refractivity contribution in [2.45, 2.75) is 6.92 Å². The number of aryl methyl sites for hydroxylation is 1. The zero-order valence-corrected chi connectivity index (χ0v) is 11.9. The highest BCUT2D eigenvalue weighted by Crippen LogP contribution is 2.30. The largest absolute Gasteiger partial charge is 0.496 e. The molecule has 0 aliphatic carbocycles. The van der Waals surface area contributed by atoms with E-state index in [2.05, 4.69) is 9.97 Å². The lowest BCUT2D eigenvalue weighted by molar-refractivity contribution is 0.103. The van der Waals surface area contributed by atoms with Crippen LogP contribution in [0.2, 0.25) is 0 Å². The molecule has 6 heteroatoms. The Bertz CT molecular complexity index is 887. The molecule has 112 valence electrons. The molecule has 2 aromatic heterocycles. The maximum atomic E-state index is 14.2. The molecular weight excluding hydrogens is 290 g/mol. The zero-order valence-electron chi connectivity index (χ0n) is 11.9. The first-order valence-electron chi connectivity index (χ1n) is 6.54. The third-order valence-electron chi connectivity index (χ3n) is 3.51. The smallest absolute Gasteiger partial charge is 0.201 e. The minimum atomic E-state index is -0.898. The Morgan fingerprint density at radius 3 is 2.77 bits per heavy atom. The fourth-order valence-electron chi connectivity index (χ4n) is 2.38. The molecule has 3 aromatic rings. The summed E-state index contributed by atoms with van der Waals surface area (Å²) in [5.74, 6) is -2.10. The first kappa shape index (κ1) is 14.2. The van der Waals surface area contributed by atoms with Crippen molar-refractivity contribution in [2.24, 2.45) is 0 Å². The summed E-state index contributed by atoms with van der Waals surface area (Å²) in [6.45, 7) is 1.48. The summed E-state index contributed by atoms with van der Waals surface area (Å²) in [7, 11) is 1.45. The molecule has 2 heterocycles. The summed E-state index contributed by atoms with van der Waals surface area (Å²) >= 11 is 0. The topological polar surface area (TPSA) is 55.0 Å². The Labute approximate surface area is 124 Å². The van der Waals surface area contributed by atoms with E-state index in [4.69, 9.17) is 4.74 Å². The van der Waals surface area contributed by atoms with Gasteiger partial charge in [-0.1, -0.05) is 6.07 Å². The van der Waals surface area contributed by atoms with Crippen LogP contribution in [-0.2, 0) is 0 Å². The van der Waals surface area contributed by atoms with E-state index in [1.54, 1.807) is 6.07 Å². The highest BCUT2D eigenvalue weighted by atomic mass is 19.1. The summed E-state index contributed by atoms with van der Waals surface area (Å²) in [5.41, 5.74) is 0.154. The fourth-order valence-corrected chi connectivity index (χ4v) is 2.38. The Morgan fingerprint density at radius 1 is 1.27 bits per heavy atom. The summed E-state index contributed by atoms with van der Waals surface area (Å²) < 4.78 is 33.3. The van der Waals surface area contributed by atoms with Crippen LogP contribution in [-0.4, -0.2) is 22.9 Å². The summed E-state index contributed by atoms with van der Waals surface area (Å²) in [6.07, 6.45) is 2.89. The fraction of sp³-hybridized carbons (Fsp3) is 0.125. The van der Waals surface area contributed by atoms with E-state index in [9.17, 15) is 13.6 Å². The number of nitrogens with zero attached hydrogens (tertiary/aromatic N) is 1. The van der Waals surface area contributed by atoms with Crippen LogP contribution in [0.1, 0.15) is 21.5 Å². The van der Waals surface area contributed by atoms with Gasteiger partial charge < -0.3 is 9.72 Å². The van der Waals surface area contributed by atoms with Gasteiger partial charge in [-0.15, -0.1) is 0 Å². The lowest BCUT2D eigenvalue weighted by Gasteiger charge is -2.07. The number of methoxy groups -OCH3 is 1. The number of ether oxygens (including phenoxy) is 1. The minimum absolute atomic E-state index is 0.114. The van der Waals surface area contributed by atoms with E-state index in [0.717, 1.165) is 6.07 Å². The second-order valence-corrected chi connectivity index (χ2v) is 4.82. The van der Waals surface area contributed by atoms with Crippen molar-refractivity contribution in [3.63, 3.8) is 0 Å². The van der Waals surface area contributed by atoms with Crippen molar-refractivity contribution in [1.82, 2.24) is 9.97 Å². The Hall–Kier alpha value is -2.76. The lowest BCUT2D eigenvalue weighted by Crippen LogP contribution is -2.08. The molecule has 0 amide bonds. The first-order valence-corrected chi connectivity index (χ1v) is 6.54. The monoisotopic (exact) mass is 302 g/mol. The van der Waals surface area contributed by atoms with Crippen LogP contribution < -0.4 is 4.74 Å². The van der Waals surface area contributed by atoms with E-state index >= 15 is 0 Å². The molecule has 0 aliphatic rings. The molecule has 0 radical (unpaired) electrons. The van der Waals surface area contributed by atoms with Gasteiger partial charge in [0.2, 0.25) is 5.78 Å². The maximum Gasteiger partial charge on any atom is 0.201 e. The number of rotatable bonds is 3. The van der Waals surface area contributed by atoms with Gasteiger partial charge in [0, 0.05) is 12.4 Å². The number of pyridine rings is 1. The van der Waals surface area contributed by atoms with Crippen LogP contribution in [0.4, 0.5) is 8.78 Å². The molecule has 0 spiro atoms. The molecule has 22 heavy (non-hydrogen) atoms. The summed E-state index contributed by atoms with van der Waals surface area (Å²) in [5, 5.41) is 0.398. The number of fused-ring (bicyclic) bond motifs is 1. The molecule has 4 nitrogen and oxygen atoms in total. The highest BCUT2D eigenvalue weighted by molar-refractivity contribution is 6.17. The number of H-pyrrole nitrogens is 1. The van der Waals surface area contributed by atoms with E-state index in [1.807, 2.05) is 0 Å². The standard InChI is InChI=1S/C16H12F2N2O2/c1-8-3-4-10(17)13(14(8)18)15(21)9-7-20-16-12(9)11(22-2)5-6-19-16/h3-7H,1-2H3,(H,19,20). The number of carbonyl (C=O) groups excluding carboxylic acids is 1. The van der Waals surface area contributed by atoms with Gasteiger partial charge in [0.05, 0.1) is 23.6 Å². The molecule has 0 unspecified atom stereocenters. The number of nitrogens with one attached hydrogen (secondary N) is 1. The van der Waals surface area contributed by atoms with Crippen LogP contribution in [0, 0.1) is 18.6 Å². The third kappa shape index (κ3) is 2.04. The normalized spacial score (nSPS) is 10.9. The number of halogens is 2. The maximum absolute atomic E-state index is 14.2. The van der Waals surface area contributed by atoms with Crippen molar-refractivity contribution in [3.8, 4) is 5.75 Å². The molecule has 3 rings (SSSR count). The van der Waals surface area contributed by atoms with E-state index in [-0.39, 0.29) is 11.1 Å². The number of hydrogen-bond acceptors (Lipinski definition) is 3. The van der Waals surface area contributed by atoms with Crippen molar-refractivity contribution in [2.75, 3.05) is 7.11 Å². The molecule has 0 atom stereocenters. The van der Waals surface area contributed by atoms with E-state index in [1.165, 1.54) is 32.5 Å². The van der Waals surface area contributed by atoms with Crippen LogP contribution in [0.25, 0.3) is 11.0 Å². The van der Waals surface area contributed by atoms with Crippen molar-refractivity contribution < 1.29 is 18.3 Å². The molecule has 1 aromatic carbocycles. The number of aromatic amines is 1. The highest BCUT2D eigenvalue weighted by Gasteiger charge is 2.24. The van der Waals surface area contributed by atoms with Crippen LogP contribution >= 0.6 is 0 Å². The lowest BCUT2D eigenvalue weighted by atomic mass is 10.00. The number of ketones is 1. The minimum Gasteiger partial charge on any atom is -0.496 e. The molecule has 0 saturated carbocycles. The molecule has 0 fully saturated rings. The van der Waals surface area contributed by atoms with Gasteiger partial charge in [-0.2, -0.15) is 0 Å². The van der Waals surface area contributed by atoms with Gasteiger partial charge in [0.1, 0.15) is 23.0 Å². The van der Waals surface area contributed by atoms with Crippen LogP contribution in [0.15, 0.2) is 30.6 Å². The number of carbonyl (C=O) groups is 1. The summed E-state index contributed by atoms with van der Waals surface area (Å²) in [4.78, 5) is 19.5. The predicted octanol–water partition coefficient (Wildman–Crippen LogP) is 3.39. The second-order valence-electron chi connectivity index (χ2n) is 4.82. The number of benzene rings is 1. The van der Waals surface area contributed by atoms with Gasteiger partial charge in [0.15, 0.2) is 0 Å². The van der Waals surface area contributed by atoms with Gasteiger partial charge in [0.25, 0.3) is 0 Å². The quantitative estimate of drug-likeness (QED) is 0.755. The van der Waals surface area contributed by atoms with Gasteiger partial charge >= 0.3 is 0 Å². The molecular formula is C16H12F2N2O2. The average molecular weight is 302 g/mol. The van der Waals surface area contributed by atoms with Crippen LogP contribution in [0.5, 0.6) is 5.75 Å². The van der Waals surface area contributed by atoms with Crippen molar-refractivity contribution in [1.29, 1.82) is 0 Å². The third-order valence-corrected chi connectivity index (χ3v) is 3.51. The van der Waals surface area contributed by atoms with Crippen LogP contribution in [0.3, 0.4) is 0 Å². The Morgan fingerprint density at radius 2 is 2.05 bits per heavy atom. The molecule has 0 bridgehead atoms. The summed E-state index contributed by atoms with van der Waals surface area (Å²) in [6, 6.07) is 3.95. The van der Waals surface area contributed by atoms with Gasteiger partial charge in [-0.05, 0) is 24.6 Å². The molecule has 0 aliphatic heterocycles. The van der Waals surface area contributed by atoms with Crippen molar-refractivity contribution >= 4 is 16.8 Å².